The number of primary amides is 2. The number of aryl methyl sites for hydroxylation is 1. The van der Waals surface area contributed by atoms with Crippen LogP contribution in [0.5, 0.6) is 0 Å². The summed E-state index contributed by atoms with van der Waals surface area (Å²) in [5, 5.41) is 8.70. The first-order valence-electron chi connectivity index (χ1n) is 7.79. The molecule has 0 fully saturated rings. The third-order valence-electron chi connectivity index (χ3n) is 1.81. The van der Waals surface area contributed by atoms with Gasteiger partial charge in [0.2, 0.25) is 12.3 Å². The molecule has 0 saturated carbocycles. The fraction of sp³-hybridized carbons (Fsp3) is 0.529. The van der Waals surface area contributed by atoms with Crippen molar-refractivity contribution in [3.63, 3.8) is 0 Å². The highest BCUT2D eigenvalue weighted by atomic mass is 16.3. The van der Waals surface area contributed by atoms with Crippen LogP contribution < -0.4 is 17.2 Å². The van der Waals surface area contributed by atoms with Crippen LogP contribution in [0, 0.1) is 0 Å². The van der Waals surface area contributed by atoms with E-state index in [9.17, 15) is 4.79 Å². The predicted molar refractivity (Wildman–Crippen MR) is 97.6 cm³/mol. The Kier molecular flexibility index (Phi) is 35.8. The maximum atomic E-state index is 9.47. The average Bonchev–Trinajstić information content (AvgIpc) is 2.58. The molecule has 0 bridgehead atoms. The molecule has 6 heteroatoms. The number of hydrogen-bond acceptors (Lipinski definition) is 4. The summed E-state index contributed by atoms with van der Waals surface area (Å²) in [7, 11) is 0. The highest BCUT2D eigenvalue weighted by Gasteiger charge is 1.89. The van der Waals surface area contributed by atoms with E-state index in [-0.39, 0.29) is 19.6 Å². The number of benzene rings is 1. The first kappa shape index (κ1) is 29.1. The van der Waals surface area contributed by atoms with Gasteiger partial charge in [0.1, 0.15) is 0 Å². The Labute approximate surface area is 141 Å². The third kappa shape index (κ3) is 33.1. The van der Waals surface area contributed by atoms with Crippen molar-refractivity contribution in [2.45, 2.75) is 54.1 Å². The van der Waals surface area contributed by atoms with Crippen molar-refractivity contribution in [3.8, 4) is 0 Å². The summed E-state index contributed by atoms with van der Waals surface area (Å²) in [6, 6.07) is 8.01. The van der Waals surface area contributed by atoms with Crippen LogP contribution in [0.15, 0.2) is 24.3 Å². The molecule has 0 aromatic heterocycles. The second-order valence-corrected chi connectivity index (χ2v) is 3.84. The van der Waals surface area contributed by atoms with Crippen molar-refractivity contribution in [1.82, 2.24) is 0 Å². The minimum atomic E-state index is -0.468. The summed E-state index contributed by atoms with van der Waals surface area (Å²) >= 11 is 0. The van der Waals surface area contributed by atoms with Gasteiger partial charge in [-0.15, -0.1) is 0 Å². The van der Waals surface area contributed by atoms with Gasteiger partial charge in [-0.3, -0.25) is 9.59 Å². The summed E-state index contributed by atoms with van der Waals surface area (Å²) in [4.78, 5) is 18.0. The Morgan fingerprint density at radius 3 is 1.52 bits per heavy atom. The quantitative estimate of drug-likeness (QED) is 0.628. The fourth-order valence-corrected chi connectivity index (χ4v) is 0.880. The number of aliphatic hydroxyl groups is 1. The number of amides is 2. The van der Waals surface area contributed by atoms with E-state index < -0.39 is 5.91 Å². The first-order chi connectivity index (χ1) is 11.0. The summed E-state index contributed by atoms with van der Waals surface area (Å²) < 4.78 is 0. The van der Waals surface area contributed by atoms with Gasteiger partial charge in [-0.05, 0) is 17.5 Å². The molecule has 0 atom stereocenters. The molecule has 2 amide bonds. The molecule has 0 heterocycles. The molecule has 0 saturated heterocycles. The molecule has 7 N–H and O–H groups in total. The zero-order valence-electron chi connectivity index (χ0n) is 15.2. The molecule has 1 aromatic rings. The monoisotopic (exact) mass is 329 g/mol. The van der Waals surface area contributed by atoms with Crippen LogP contribution in [0.3, 0.4) is 0 Å². The van der Waals surface area contributed by atoms with Crippen LogP contribution in [-0.4, -0.2) is 24.0 Å². The topological polar surface area (TPSA) is 132 Å². The molecule has 23 heavy (non-hydrogen) atoms. The predicted octanol–water partition coefficient (Wildman–Crippen LogP) is 1.72. The van der Waals surface area contributed by atoms with Gasteiger partial charge in [0.15, 0.2) is 0 Å². The van der Waals surface area contributed by atoms with E-state index in [1.54, 1.807) is 0 Å². The van der Waals surface area contributed by atoms with Crippen molar-refractivity contribution in [2.24, 2.45) is 17.2 Å². The first-order valence-corrected chi connectivity index (χ1v) is 7.79. The third-order valence-corrected chi connectivity index (χ3v) is 1.81. The number of carbonyl (C=O) groups is 2. The van der Waals surface area contributed by atoms with Gasteiger partial charge in [-0.1, -0.05) is 65.3 Å². The van der Waals surface area contributed by atoms with E-state index in [1.165, 1.54) is 12.0 Å². The van der Waals surface area contributed by atoms with Crippen molar-refractivity contribution >= 4 is 12.3 Å². The summed E-state index contributed by atoms with van der Waals surface area (Å²) in [6.45, 7) is 10.5. The lowest BCUT2D eigenvalue weighted by molar-refractivity contribution is -0.116. The molecule has 0 radical (unpaired) electrons. The van der Waals surface area contributed by atoms with Crippen LogP contribution in [-0.2, 0) is 22.6 Å². The largest absolute Gasteiger partial charge is 0.392 e. The van der Waals surface area contributed by atoms with Gasteiger partial charge >= 0.3 is 0 Å². The molecular weight excluding hydrogens is 294 g/mol. The molecule has 0 aliphatic carbocycles. The molecule has 1 rings (SSSR count). The lowest BCUT2D eigenvalue weighted by Crippen LogP contribution is -2.21. The van der Waals surface area contributed by atoms with Gasteiger partial charge in [0.05, 0.1) is 13.2 Å². The minimum Gasteiger partial charge on any atom is -0.392 e. The molecule has 0 unspecified atom stereocenters. The van der Waals surface area contributed by atoms with Crippen LogP contribution in [0.4, 0.5) is 0 Å². The molecule has 0 spiro atoms. The minimum absolute atomic E-state index is 0.0556. The number of rotatable bonds is 3. The summed E-state index contributed by atoms with van der Waals surface area (Å²) in [5.41, 5.74) is 15.7. The Morgan fingerprint density at radius 2 is 1.35 bits per heavy atom. The van der Waals surface area contributed by atoms with E-state index in [0.717, 1.165) is 12.0 Å². The van der Waals surface area contributed by atoms with Crippen molar-refractivity contribution < 1.29 is 14.7 Å². The maximum Gasteiger partial charge on any atom is 0.231 e. The average molecular weight is 329 g/mol. The highest BCUT2D eigenvalue weighted by molar-refractivity contribution is 5.75. The van der Waals surface area contributed by atoms with E-state index >= 15 is 0 Å². The Balaban J connectivity index is -0.000000118. The zero-order chi connectivity index (χ0) is 19.1. The molecule has 6 nitrogen and oxygen atoms in total. The number of nitrogens with two attached hydrogens (primary N) is 3. The Morgan fingerprint density at radius 1 is 1.09 bits per heavy atom. The van der Waals surface area contributed by atoms with Crippen molar-refractivity contribution in [1.29, 1.82) is 0 Å². The van der Waals surface area contributed by atoms with Gasteiger partial charge < -0.3 is 22.3 Å². The number of aliphatic hydroxyl groups excluding tert-OH is 1. The molecule has 1 aromatic carbocycles. The number of hydrogen-bond donors (Lipinski definition) is 4. The van der Waals surface area contributed by atoms with Crippen LogP contribution >= 0.6 is 0 Å². The van der Waals surface area contributed by atoms with E-state index in [0.29, 0.717) is 0 Å². The van der Waals surface area contributed by atoms with Crippen LogP contribution in [0.1, 0.15) is 52.2 Å². The van der Waals surface area contributed by atoms with Crippen molar-refractivity contribution in [3.05, 3.63) is 35.4 Å². The number of carbonyl (C=O) groups excluding carboxylic acids is 2. The Hall–Kier alpha value is -1.92. The van der Waals surface area contributed by atoms with Crippen LogP contribution in [0.2, 0.25) is 0 Å². The maximum absolute atomic E-state index is 9.47. The van der Waals surface area contributed by atoms with Gasteiger partial charge in [0.25, 0.3) is 0 Å². The standard InChI is InChI=1S/C9H12O.C3H8.C2H6N2O.C2H6.CH3NO/c1-2-8-3-5-9(7-10)6-4-8;1-3-2;3-1-2(4)5;1-2;2-1-3/h3-6,10H,2,7H2,1H3;3H2,1-2H3;1,3H2,(H2,4,5);1-2H3;1H,(H2,2,3). The lowest BCUT2D eigenvalue weighted by atomic mass is 10.1. The highest BCUT2D eigenvalue weighted by Crippen LogP contribution is 2.03. The van der Waals surface area contributed by atoms with E-state index in [4.69, 9.17) is 15.6 Å². The molecule has 136 valence electrons. The van der Waals surface area contributed by atoms with Gasteiger partial charge in [-0.25, -0.2) is 0 Å². The fourth-order valence-electron chi connectivity index (χ4n) is 0.880. The van der Waals surface area contributed by atoms with E-state index in [1.807, 2.05) is 38.1 Å². The normalized spacial score (nSPS) is 7.43. The summed E-state index contributed by atoms with van der Waals surface area (Å²) in [5.74, 6) is -0.468. The van der Waals surface area contributed by atoms with Gasteiger partial charge in [0, 0.05) is 0 Å². The van der Waals surface area contributed by atoms with E-state index in [2.05, 4.69) is 32.2 Å². The zero-order valence-corrected chi connectivity index (χ0v) is 15.2. The molecule has 0 aliphatic rings. The lowest BCUT2D eigenvalue weighted by Gasteiger charge is -1.97. The second kappa shape index (κ2) is 28.3. The second-order valence-electron chi connectivity index (χ2n) is 3.84. The van der Waals surface area contributed by atoms with Gasteiger partial charge in [-0.2, -0.15) is 0 Å². The molecular formula is C17H35N3O3. The SMILES string of the molecule is CC.CCC.CCc1ccc(CO)cc1.NC=O.NCC(N)=O. The summed E-state index contributed by atoms with van der Waals surface area (Å²) in [6.07, 6.45) is 2.56. The smallest absolute Gasteiger partial charge is 0.231 e. The van der Waals surface area contributed by atoms with Crippen molar-refractivity contribution in [2.75, 3.05) is 6.54 Å². The molecule has 0 aliphatic heterocycles. The Bertz CT molecular complexity index is 318. The van der Waals surface area contributed by atoms with Crippen LogP contribution in [0.25, 0.3) is 0 Å².